The Morgan fingerprint density at radius 2 is 1.71 bits per heavy atom. The van der Waals surface area contributed by atoms with Crippen LogP contribution in [0.2, 0.25) is 0 Å². The van der Waals surface area contributed by atoms with E-state index >= 15 is 0 Å². The Kier molecular flexibility index (Phi) is 5.39. The molecule has 3 aromatic rings. The van der Waals surface area contributed by atoms with E-state index in [1.807, 2.05) is 77.9 Å². The van der Waals surface area contributed by atoms with Crippen LogP contribution >= 0.6 is 11.3 Å². The van der Waals surface area contributed by atoms with Gasteiger partial charge in [-0.2, -0.15) is 0 Å². The number of nitrogens with zero attached hydrogens (tertiary/aromatic N) is 2. The van der Waals surface area contributed by atoms with E-state index < -0.39 is 0 Å². The lowest BCUT2D eigenvalue weighted by Crippen LogP contribution is -2.30. The molecular weight excluding hydrogens is 316 g/mol. The van der Waals surface area contributed by atoms with Crippen molar-refractivity contribution in [3.63, 3.8) is 0 Å². The van der Waals surface area contributed by atoms with Crippen LogP contribution in [0.4, 0.5) is 5.69 Å². The summed E-state index contributed by atoms with van der Waals surface area (Å²) in [6, 6.07) is 19.9. The van der Waals surface area contributed by atoms with E-state index in [0.717, 1.165) is 22.0 Å². The highest BCUT2D eigenvalue weighted by atomic mass is 32.1. The number of carbonyl (C=O) groups is 1. The lowest BCUT2D eigenvalue weighted by Gasteiger charge is -2.23. The highest BCUT2D eigenvalue weighted by Gasteiger charge is 2.16. The Morgan fingerprint density at radius 1 is 1.04 bits per heavy atom. The van der Waals surface area contributed by atoms with E-state index in [0.29, 0.717) is 19.4 Å². The third kappa shape index (κ3) is 4.30. The van der Waals surface area contributed by atoms with Gasteiger partial charge in [0.1, 0.15) is 0 Å². The Bertz CT molecular complexity index is 784. The maximum atomic E-state index is 12.8. The summed E-state index contributed by atoms with van der Waals surface area (Å²) in [6.07, 6.45) is 1.15. The summed E-state index contributed by atoms with van der Waals surface area (Å²) >= 11 is 1.63. The maximum absolute atomic E-state index is 12.8. The largest absolute Gasteiger partial charge is 0.308 e. The smallest absolute Gasteiger partial charge is 0.227 e. The predicted octanol–water partition coefficient (Wildman–Crippen LogP) is 4.62. The molecule has 2 aromatic carbocycles. The van der Waals surface area contributed by atoms with Crippen LogP contribution in [-0.2, 0) is 17.8 Å². The Balaban J connectivity index is 1.74. The molecule has 0 N–H and O–H groups in total. The van der Waals surface area contributed by atoms with Gasteiger partial charge in [-0.15, -0.1) is 11.3 Å². The first-order chi connectivity index (χ1) is 11.7. The number of anilines is 1. The van der Waals surface area contributed by atoms with Crippen LogP contribution in [0, 0.1) is 6.92 Å². The van der Waals surface area contributed by atoms with Gasteiger partial charge in [-0.3, -0.25) is 4.79 Å². The summed E-state index contributed by atoms with van der Waals surface area (Å²) in [6.45, 7) is 2.57. The highest BCUT2D eigenvalue weighted by molar-refractivity contribution is 7.09. The fourth-order valence-electron chi connectivity index (χ4n) is 2.59. The summed E-state index contributed by atoms with van der Waals surface area (Å²) in [7, 11) is 0. The van der Waals surface area contributed by atoms with Crippen molar-refractivity contribution in [2.45, 2.75) is 26.3 Å². The number of aryl methyl sites for hydroxylation is 2. The number of thiazole rings is 1. The molecular formula is C20H20N2OS. The van der Waals surface area contributed by atoms with Crippen LogP contribution in [0.5, 0.6) is 0 Å². The zero-order chi connectivity index (χ0) is 16.8. The summed E-state index contributed by atoms with van der Waals surface area (Å²) in [5.74, 6) is 0.121. The van der Waals surface area contributed by atoms with Gasteiger partial charge in [0.15, 0.2) is 0 Å². The van der Waals surface area contributed by atoms with E-state index in [2.05, 4.69) is 4.98 Å². The monoisotopic (exact) mass is 336 g/mol. The van der Waals surface area contributed by atoms with Crippen molar-refractivity contribution in [3.8, 4) is 0 Å². The summed E-state index contributed by atoms with van der Waals surface area (Å²) in [5, 5.41) is 3.08. The third-order valence-corrected chi connectivity index (χ3v) is 4.64. The summed E-state index contributed by atoms with van der Waals surface area (Å²) in [5.41, 5.74) is 3.05. The second-order valence-electron chi connectivity index (χ2n) is 5.66. The van der Waals surface area contributed by atoms with Crippen molar-refractivity contribution in [3.05, 3.63) is 82.3 Å². The van der Waals surface area contributed by atoms with E-state index in [9.17, 15) is 4.79 Å². The normalized spacial score (nSPS) is 10.5. The number of amides is 1. The van der Waals surface area contributed by atoms with Crippen LogP contribution < -0.4 is 4.90 Å². The molecule has 0 fully saturated rings. The molecule has 1 aromatic heterocycles. The van der Waals surface area contributed by atoms with E-state index in [-0.39, 0.29) is 5.91 Å². The van der Waals surface area contributed by atoms with Gasteiger partial charge in [0.25, 0.3) is 0 Å². The maximum Gasteiger partial charge on any atom is 0.227 e. The zero-order valence-corrected chi connectivity index (χ0v) is 14.5. The van der Waals surface area contributed by atoms with Crippen molar-refractivity contribution in [2.24, 2.45) is 0 Å². The second kappa shape index (κ2) is 7.88. The molecule has 0 atom stereocenters. The molecule has 0 aliphatic rings. The van der Waals surface area contributed by atoms with Crippen LogP contribution in [0.3, 0.4) is 0 Å². The summed E-state index contributed by atoms with van der Waals surface area (Å²) < 4.78 is 0. The number of benzene rings is 2. The Morgan fingerprint density at radius 3 is 2.33 bits per heavy atom. The first kappa shape index (κ1) is 16.4. The molecule has 4 heteroatoms. The molecule has 0 unspecified atom stereocenters. The minimum Gasteiger partial charge on any atom is -0.308 e. The predicted molar refractivity (Wildman–Crippen MR) is 99.2 cm³/mol. The van der Waals surface area contributed by atoms with Crippen LogP contribution in [0.25, 0.3) is 0 Å². The lowest BCUT2D eigenvalue weighted by atomic mass is 10.1. The molecule has 0 radical (unpaired) electrons. The van der Waals surface area contributed by atoms with Crippen LogP contribution in [-0.4, -0.2) is 10.9 Å². The average Bonchev–Trinajstić information content (AvgIpc) is 3.04. The second-order valence-corrected chi connectivity index (χ2v) is 6.72. The van der Waals surface area contributed by atoms with Gasteiger partial charge in [0.2, 0.25) is 5.91 Å². The number of hydrogen-bond acceptors (Lipinski definition) is 3. The molecule has 24 heavy (non-hydrogen) atoms. The van der Waals surface area contributed by atoms with Gasteiger partial charge >= 0.3 is 0 Å². The fourth-order valence-corrected chi connectivity index (χ4v) is 3.24. The zero-order valence-electron chi connectivity index (χ0n) is 13.7. The van der Waals surface area contributed by atoms with Gasteiger partial charge in [0.05, 0.1) is 17.2 Å². The van der Waals surface area contributed by atoms with Crippen LogP contribution in [0.1, 0.15) is 22.7 Å². The Hall–Kier alpha value is -2.46. The van der Waals surface area contributed by atoms with Gasteiger partial charge in [-0.1, -0.05) is 48.5 Å². The van der Waals surface area contributed by atoms with E-state index in [1.165, 1.54) is 0 Å². The number of aromatic nitrogens is 1. The molecule has 122 valence electrons. The van der Waals surface area contributed by atoms with Crippen molar-refractivity contribution in [1.29, 1.82) is 0 Å². The van der Waals surface area contributed by atoms with Crippen molar-refractivity contribution < 1.29 is 4.79 Å². The SMILES string of the molecule is Cc1nc(CCC(=O)N(Cc2ccccc2)c2ccccc2)cs1. The van der Waals surface area contributed by atoms with Gasteiger partial charge in [-0.05, 0) is 31.0 Å². The topological polar surface area (TPSA) is 33.2 Å². The Labute approximate surface area is 146 Å². The van der Waals surface area contributed by atoms with Crippen molar-refractivity contribution in [2.75, 3.05) is 4.90 Å². The molecule has 1 heterocycles. The van der Waals surface area contributed by atoms with Gasteiger partial charge in [0, 0.05) is 17.5 Å². The van der Waals surface area contributed by atoms with Crippen molar-refractivity contribution in [1.82, 2.24) is 4.98 Å². The minimum atomic E-state index is 0.121. The fraction of sp³-hybridized carbons (Fsp3) is 0.200. The quantitative estimate of drug-likeness (QED) is 0.658. The molecule has 3 nitrogen and oxygen atoms in total. The highest BCUT2D eigenvalue weighted by Crippen LogP contribution is 2.19. The molecule has 0 bridgehead atoms. The number of para-hydroxylation sites is 1. The first-order valence-corrected chi connectivity index (χ1v) is 8.90. The number of carbonyl (C=O) groups excluding carboxylic acids is 1. The minimum absolute atomic E-state index is 0.121. The van der Waals surface area contributed by atoms with Crippen LogP contribution in [0.15, 0.2) is 66.0 Å². The standard InChI is InChI=1S/C20H20N2OS/c1-16-21-18(15-24-16)12-13-20(23)22(19-10-6-3-7-11-19)14-17-8-4-2-5-9-17/h2-11,15H,12-14H2,1H3. The average molecular weight is 336 g/mol. The molecule has 3 rings (SSSR count). The molecule has 0 aliphatic carbocycles. The molecule has 0 saturated heterocycles. The van der Waals surface area contributed by atoms with E-state index in [4.69, 9.17) is 0 Å². The molecule has 1 amide bonds. The first-order valence-electron chi connectivity index (χ1n) is 8.03. The molecule has 0 saturated carbocycles. The van der Waals surface area contributed by atoms with E-state index in [1.54, 1.807) is 11.3 Å². The van der Waals surface area contributed by atoms with Gasteiger partial charge < -0.3 is 4.90 Å². The lowest BCUT2D eigenvalue weighted by molar-refractivity contribution is -0.118. The molecule has 0 spiro atoms. The molecule has 0 aliphatic heterocycles. The van der Waals surface area contributed by atoms with Crippen molar-refractivity contribution >= 4 is 22.9 Å². The third-order valence-electron chi connectivity index (χ3n) is 3.81. The number of rotatable bonds is 6. The summed E-state index contributed by atoms with van der Waals surface area (Å²) in [4.78, 5) is 19.1. The number of hydrogen-bond donors (Lipinski definition) is 0. The van der Waals surface area contributed by atoms with Gasteiger partial charge in [-0.25, -0.2) is 4.98 Å².